The Balaban J connectivity index is 2.28. The summed E-state index contributed by atoms with van der Waals surface area (Å²) < 4.78 is 0. The van der Waals surface area contributed by atoms with Crippen LogP contribution in [0.15, 0.2) is 0 Å². The van der Waals surface area contributed by atoms with Crippen LogP contribution in [0, 0.1) is 11.8 Å². The Morgan fingerprint density at radius 2 is 1.31 bits per heavy atom. The Hall–Kier alpha value is -0.0400. The summed E-state index contributed by atoms with van der Waals surface area (Å²) in [6, 6.07) is 0. The van der Waals surface area contributed by atoms with Gasteiger partial charge in [0.05, 0.1) is 0 Å². The molecule has 0 spiro atoms. The third kappa shape index (κ3) is 6.52. The molecule has 1 aliphatic carbocycles. The molecule has 16 heavy (non-hydrogen) atoms. The Kier molecular flexibility index (Phi) is 7.92. The number of rotatable bonds is 1. The predicted octanol–water partition coefficient (Wildman–Crippen LogP) is 4.50. The van der Waals surface area contributed by atoms with Crippen molar-refractivity contribution in [3.63, 3.8) is 0 Å². The highest BCUT2D eigenvalue weighted by molar-refractivity contribution is 4.64. The summed E-state index contributed by atoms with van der Waals surface area (Å²) in [5.41, 5.74) is 5.86. The molecule has 0 radical (unpaired) electrons. The van der Waals surface area contributed by atoms with Crippen molar-refractivity contribution < 1.29 is 0 Å². The van der Waals surface area contributed by atoms with Gasteiger partial charge in [-0.2, -0.15) is 0 Å². The van der Waals surface area contributed by atoms with Crippen LogP contribution >= 0.6 is 0 Å². The second kappa shape index (κ2) is 9.04. The Morgan fingerprint density at radius 3 is 1.94 bits per heavy atom. The van der Waals surface area contributed by atoms with Crippen LogP contribution in [-0.4, -0.2) is 6.54 Å². The van der Waals surface area contributed by atoms with Crippen LogP contribution < -0.4 is 5.73 Å². The molecule has 2 unspecified atom stereocenters. The zero-order valence-electron chi connectivity index (χ0n) is 11.2. The van der Waals surface area contributed by atoms with Crippen LogP contribution in [0.3, 0.4) is 0 Å². The minimum Gasteiger partial charge on any atom is -0.330 e. The second-order valence-electron chi connectivity index (χ2n) is 5.84. The highest BCUT2D eigenvalue weighted by Crippen LogP contribution is 2.23. The normalized spacial score (nSPS) is 31.1. The molecule has 0 aromatic carbocycles. The van der Waals surface area contributed by atoms with Crippen LogP contribution in [0.25, 0.3) is 0 Å². The largest absolute Gasteiger partial charge is 0.330 e. The van der Waals surface area contributed by atoms with Crippen LogP contribution in [0.1, 0.15) is 77.6 Å². The molecule has 0 aromatic rings. The van der Waals surface area contributed by atoms with E-state index in [-0.39, 0.29) is 0 Å². The summed E-state index contributed by atoms with van der Waals surface area (Å²) in [4.78, 5) is 0. The first-order valence-corrected chi connectivity index (χ1v) is 7.53. The highest BCUT2D eigenvalue weighted by Gasteiger charge is 2.10. The van der Waals surface area contributed by atoms with Gasteiger partial charge < -0.3 is 5.73 Å². The Morgan fingerprint density at radius 1 is 0.750 bits per heavy atom. The fourth-order valence-corrected chi connectivity index (χ4v) is 2.85. The SMILES string of the molecule is CC1CCCCCCCCCC(CN)CC1. The minimum atomic E-state index is 0.809. The van der Waals surface area contributed by atoms with Crippen molar-refractivity contribution in [3.05, 3.63) is 0 Å². The van der Waals surface area contributed by atoms with Crippen LogP contribution in [-0.2, 0) is 0 Å². The molecule has 1 saturated carbocycles. The molecule has 1 nitrogen and oxygen atoms in total. The van der Waals surface area contributed by atoms with Crippen molar-refractivity contribution in [2.45, 2.75) is 77.6 Å². The van der Waals surface area contributed by atoms with Crippen molar-refractivity contribution >= 4 is 0 Å². The minimum absolute atomic E-state index is 0.809. The quantitative estimate of drug-likeness (QED) is 0.698. The average Bonchev–Trinajstić information content (AvgIpc) is 2.31. The van der Waals surface area contributed by atoms with Crippen LogP contribution in [0.5, 0.6) is 0 Å². The van der Waals surface area contributed by atoms with Crippen molar-refractivity contribution in [2.75, 3.05) is 6.54 Å². The summed E-state index contributed by atoms with van der Waals surface area (Å²) >= 11 is 0. The first-order valence-electron chi connectivity index (χ1n) is 7.53. The molecule has 1 rings (SSSR count). The molecule has 1 heteroatoms. The smallest absolute Gasteiger partial charge is 0.00489 e. The second-order valence-corrected chi connectivity index (χ2v) is 5.84. The van der Waals surface area contributed by atoms with Gasteiger partial charge in [0.1, 0.15) is 0 Å². The molecule has 0 saturated heterocycles. The van der Waals surface area contributed by atoms with Gasteiger partial charge in [-0.3, -0.25) is 0 Å². The predicted molar refractivity (Wildman–Crippen MR) is 72.5 cm³/mol. The molecule has 0 aromatic heterocycles. The van der Waals surface area contributed by atoms with Crippen molar-refractivity contribution in [1.29, 1.82) is 0 Å². The van der Waals surface area contributed by atoms with E-state index in [9.17, 15) is 0 Å². The third-order valence-electron chi connectivity index (χ3n) is 4.21. The summed E-state index contributed by atoms with van der Waals surface area (Å²) in [7, 11) is 0. The lowest BCUT2D eigenvalue weighted by molar-refractivity contribution is 0.371. The highest BCUT2D eigenvalue weighted by atomic mass is 14.5. The van der Waals surface area contributed by atoms with E-state index < -0.39 is 0 Å². The van der Waals surface area contributed by atoms with Gasteiger partial charge >= 0.3 is 0 Å². The number of hydrogen-bond donors (Lipinski definition) is 1. The molecule has 0 amide bonds. The molecular weight excluding hydrogens is 194 g/mol. The van der Waals surface area contributed by atoms with E-state index in [4.69, 9.17) is 5.73 Å². The molecule has 0 aliphatic heterocycles. The average molecular weight is 225 g/mol. The van der Waals surface area contributed by atoms with E-state index >= 15 is 0 Å². The van der Waals surface area contributed by atoms with E-state index in [2.05, 4.69) is 6.92 Å². The topological polar surface area (TPSA) is 26.0 Å². The maximum atomic E-state index is 5.86. The standard InChI is InChI=1S/C15H31N/c1-14-9-7-5-3-2-4-6-8-10-15(13-16)12-11-14/h14-15H,2-13,16H2,1H3. The Labute approximate surface area is 102 Å². The summed E-state index contributed by atoms with van der Waals surface area (Å²) in [6.07, 6.45) is 15.7. The van der Waals surface area contributed by atoms with Crippen molar-refractivity contribution in [1.82, 2.24) is 0 Å². The lowest BCUT2D eigenvalue weighted by atomic mass is 9.91. The fourth-order valence-electron chi connectivity index (χ4n) is 2.85. The van der Waals surface area contributed by atoms with E-state index in [1.165, 1.54) is 70.6 Å². The number of nitrogens with two attached hydrogens (primary N) is 1. The molecule has 2 N–H and O–H groups in total. The van der Waals surface area contributed by atoms with Crippen LogP contribution in [0.2, 0.25) is 0 Å². The lowest BCUT2D eigenvalue weighted by Gasteiger charge is -2.17. The maximum Gasteiger partial charge on any atom is -0.00489 e. The van der Waals surface area contributed by atoms with Gasteiger partial charge in [-0.1, -0.05) is 64.7 Å². The molecule has 96 valence electrons. The van der Waals surface area contributed by atoms with Gasteiger partial charge in [-0.25, -0.2) is 0 Å². The third-order valence-corrected chi connectivity index (χ3v) is 4.21. The molecule has 1 fully saturated rings. The monoisotopic (exact) mass is 225 g/mol. The molecule has 0 bridgehead atoms. The zero-order chi connectivity index (χ0) is 11.6. The summed E-state index contributed by atoms with van der Waals surface area (Å²) in [6.45, 7) is 3.33. The first kappa shape index (κ1) is 14.0. The van der Waals surface area contributed by atoms with Crippen molar-refractivity contribution in [3.8, 4) is 0 Å². The van der Waals surface area contributed by atoms with Gasteiger partial charge in [0.25, 0.3) is 0 Å². The van der Waals surface area contributed by atoms with Crippen molar-refractivity contribution in [2.24, 2.45) is 17.6 Å². The van der Waals surface area contributed by atoms with Gasteiger partial charge in [0.2, 0.25) is 0 Å². The molecule has 1 aliphatic rings. The van der Waals surface area contributed by atoms with Gasteiger partial charge in [-0.05, 0) is 31.2 Å². The zero-order valence-corrected chi connectivity index (χ0v) is 11.2. The van der Waals surface area contributed by atoms with E-state index in [1.807, 2.05) is 0 Å². The fraction of sp³-hybridized carbons (Fsp3) is 1.00. The first-order chi connectivity index (χ1) is 7.83. The van der Waals surface area contributed by atoms with E-state index in [1.54, 1.807) is 0 Å². The van der Waals surface area contributed by atoms with Gasteiger partial charge in [0, 0.05) is 0 Å². The summed E-state index contributed by atoms with van der Waals surface area (Å²) in [5, 5.41) is 0. The van der Waals surface area contributed by atoms with Gasteiger partial charge in [0.15, 0.2) is 0 Å². The van der Waals surface area contributed by atoms with E-state index in [0.29, 0.717) is 0 Å². The summed E-state index contributed by atoms with van der Waals surface area (Å²) in [5.74, 6) is 1.73. The Bertz CT molecular complexity index is 156. The maximum absolute atomic E-state index is 5.86. The van der Waals surface area contributed by atoms with E-state index in [0.717, 1.165) is 18.4 Å². The molecular formula is C15H31N. The molecule has 2 atom stereocenters. The molecule has 0 heterocycles. The lowest BCUT2D eigenvalue weighted by Crippen LogP contribution is -2.15. The number of hydrogen-bond acceptors (Lipinski definition) is 1. The van der Waals surface area contributed by atoms with Crippen LogP contribution in [0.4, 0.5) is 0 Å². The van der Waals surface area contributed by atoms with Gasteiger partial charge in [-0.15, -0.1) is 0 Å².